The Bertz CT molecular complexity index is 830. The second-order valence-electron chi connectivity index (χ2n) is 4.86. The summed E-state index contributed by atoms with van der Waals surface area (Å²) in [5.41, 5.74) is 0.641. The van der Waals surface area contributed by atoms with E-state index in [4.69, 9.17) is 9.56 Å². The van der Waals surface area contributed by atoms with Crippen LogP contribution in [-0.4, -0.2) is 27.0 Å². The van der Waals surface area contributed by atoms with E-state index in [0.717, 1.165) is 0 Å². The minimum atomic E-state index is -4.96. The highest BCUT2D eigenvalue weighted by Crippen LogP contribution is 2.28. The second-order valence-corrected chi connectivity index (χ2v) is 6.39. The van der Waals surface area contributed by atoms with Crippen molar-refractivity contribution in [2.75, 3.05) is 6.54 Å². The fourth-order valence-corrected chi connectivity index (χ4v) is 2.80. The number of hydrogen-bond acceptors (Lipinski definition) is 4. The number of rotatable bonds is 5. The number of halogens is 3. The van der Waals surface area contributed by atoms with Gasteiger partial charge in [0.15, 0.2) is 0 Å². The Morgan fingerprint density at radius 1 is 1.25 bits per heavy atom. The van der Waals surface area contributed by atoms with Crippen molar-refractivity contribution in [2.45, 2.75) is 17.5 Å². The van der Waals surface area contributed by atoms with Crippen LogP contribution in [0.25, 0.3) is 11.3 Å². The Balaban J connectivity index is 2.20. The number of sulfonamides is 1. The topological polar surface area (TPSA) is 102 Å². The summed E-state index contributed by atoms with van der Waals surface area (Å²) >= 11 is 0. The fraction of sp³-hybridized carbons (Fsp3) is 0.214. The number of nitrogens with two attached hydrogens (primary N) is 1. The molecule has 0 aliphatic heterocycles. The first-order valence-electron chi connectivity index (χ1n) is 6.63. The van der Waals surface area contributed by atoms with Gasteiger partial charge in [0, 0.05) is 12.1 Å². The highest BCUT2D eigenvalue weighted by atomic mass is 32.2. The maximum Gasteiger partial charge on any atom is 0.471 e. The van der Waals surface area contributed by atoms with Crippen LogP contribution in [0.4, 0.5) is 13.2 Å². The summed E-state index contributed by atoms with van der Waals surface area (Å²) < 4.78 is 64.9. The van der Waals surface area contributed by atoms with Gasteiger partial charge in [-0.15, -0.1) is 0 Å². The summed E-state index contributed by atoms with van der Waals surface area (Å²) in [6, 6.07) is 7.33. The zero-order chi connectivity index (χ0) is 18.0. The van der Waals surface area contributed by atoms with Crippen molar-refractivity contribution >= 4 is 15.9 Å². The lowest BCUT2D eigenvalue weighted by molar-refractivity contribution is -0.173. The Labute approximate surface area is 135 Å². The highest BCUT2D eigenvalue weighted by molar-refractivity contribution is 7.89. The van der Waals surface area contributed by atoms with Crippen molar-refractivity contribution in [2.24, 2.45) is 5.14 Å². The van der Waals surface area contributed by atoms with E-state index in [9.17, 15) is 26.4 Å². The predicted molar refractivity (Wildman–Crippen MR) is 78.3 cm³/mol. The molecular weight excluding hydrogens is 349 g/mol. The maximum absolute atomic E-state index is 12.1. The van der Waals surface area contributed by atoms with E-state index in [1.807, 2.05) is 0 Å². The minimum Gasteiger partial charge on any atom is -0.464 e. The van der Waals surface area contributed by atoms with Gasteiger partial charge in [-0.3, -0.25) is 4.79 Å². The van der Waals surface area contributed by atoms with Gasteiger partial charge in [0.2, 0.25) is 10.0 Å². The Hall–Kier alpha value is -2.33. The van der Waals surface area contributed by atoms with Crippen LogP contribution in [0.2, 0.25) is 0 Å². The lowest BCUT2D eigenvalue weighted by atomic mass is 10.1. The van der Waals surface area contributed by atoms with E-state index < -0.39 is 22.1 Å². The average molecular weight is 362 g/mol. The standard InChI is InChI=1S/C14H13F3N2O4S/c15-14(16,17)13(20)19-6-5-9-3-4-10(11-2-1-7-23-11)12(8-9)24(18,21)22/h1-4,7-8H,5-6H2,(H,19,20)(H2,18,21,22). The molecule has 24 heavy (non-hydrogen) atoms. The van der Waals surface area contributed by atoms with Crippen molar-refractivity contribution in [3.05, 3.63) is 42.2 Å². The van der Waals surface area contributed by atoms with Crippen molar-refractivity contribution in [3.8, 4) is 11.3 Å². The summed E-state index contributed by atoms with van der Waals surface area (Å²) in [5, 5.41) is 6.89. The van der Waals surface area contributed by atoms with Crippen LogP contribution < -0.4 is 10.5 Å². The van der Waals surface area contributed by atoms with Gasteiger partial charge in [-0.1, -0.05) is 6.07 Å². The number of amides is 1. The number of primary sulfonamides is 1. The Morgan fingerprint density at radius 2 is 1.96 bits per heavy atom. The van der Waals surface area contributed by atoms with Gasteiger partial charge in [-0.2, -0.15) is 13.2 Å². The lowest BCUT2D eigenvalue weighted by Gasteiger charge is -2.10. The average Bonchev–Trinajstić information content (AvgIpc) is 2.99. The molecule has 0 aliphatic carbocycles. The molecule has 0 radical (unpaired) electrons. The van der Waals surface area contributed by atoms with E-state index in [1.165, 1.54) is 24.5 Å². The molecule has 10 heteroatoms. The van der Waals surface area contributed by atoms with Crippen LogP contribution in [-0.2, 0) is 21.2 Å². The summed E-state index contributed by atoms with van der Waals surface area (Å²) in [7, 11) is -4.07. The van der Waals surface area contributed by atoms with Crippen molar-refractivity contribution < 1.29 is 30.8 Å². The van der Waals surface area contributed by atoms with Gasteiger partial charge < -0.3 is 9.73 Å². The molecule has 1 aromatic heterocycles. The molecule has 0 atom stereocenters. The minimum absolute atomic E-state index is 0.00275. The monoisotopic (exact) mass is 362 g/mol. The molecule has 2 rings (SSSR count). The van der Waals surface area contributed by atoms with E-state index in [-0.39, 0.29) is 29.2 Å². The number of alkyl halides is 3. The molecule has 2 aromatic rings. The van der Waals surface area contributed by atoms with Crippen LogP contribution in [0.15, 0.2) is 45.9 Å². The van der Waals surface area contributed by atoms with Crippen molar-refractivity contribution in [1.29, 1.82) is 0 Å². The molecule has 1 heterocycles. The maximum atomic E-state index is 12.1. The normalized spacial score (nSPS) is 12.2. The highest BCUT2D eigenvalue weighted by Gasteiger charge is 2.38. The van der Waals surface area contributed by atoms with Gasteiger partial charge in [-0.05, 0) is 36.2 Å². The summed E-state index contributed by atoms with van der Waals surface area (Å²) in [6.45, 7) is -0.303. The molecule has 0 saturated heterocycles. The third-order valence-corrected chi connectivity index (χ3v) is 4.05. The molecule has 0 unspecified atom stereocenters. The molecule has 0 fully saturated rings. The summed E-state index contributed by atoms with van der Waals surface area (Å²) in [6.07, 6.45) is -3.60. The van der Waals surface area contributed by atoms with Crippen LogP contribution in [0.1, 0.15) is 5.56 Å². The van der Waals surface area contributed by atoms with E-state index >= 15 is 0 Å². The van der Waals surface area contributed by atoms with Gasteiger partial charge >= 0.3 is 12.1 Å². The van der Waals surface area contributed by atoms with Crippen molar-refractivity contribution in [3.63, 3.8) is 0 Å². The largest absolute Gasteiger partial charge is 0.471 e. The molecule has 1 amide bonds. The quantitative estimate of drug-likeness (QED) is 0.847. The first-order valence-corrected chi connectivity index (χ1v) is 8.18. The molecule has 0 aliphatic rings. The van der Waals surface area contributed by atoms with E-state index in [0.29, 0.717) is 5.56 Å². The lowest BCUT2D eigenvalue weighted by Crippen LogP contribution is -2.37. The Kier molecular flexibility index (Phi) is 4.99. The number of carbonyl (C=O) groups excluding carboxylic acids is 1. The van der Waals surface area contributed by atoms with E-state index in [1.54, 1.807) is 17.4 Å². The third-order valence-electron chi connectivity index (χ3n) is 3.10. The Morgan fingerprint density at radius 3 is 2.50 bits per heavy atom. The number of benzene rings is 1. The van der Waals surface area contributed by atoms with Gasteiger partial charge in [-0.25, -0.2) is 13.6 Å². The van der Waals surface area contributed by atoms with Gasteiger partial charge in [0.05, 0.1) is 11.2 Å². The van der Waals surface area contributed by atoms with Gasteiger partial charge in [0.25, 0.3) is 0 Å². The molecule has 130 valence electrons. The fourth-order valence-electron chi connectivity index (χ4n) is 2.01. The molecule has 0 bridgehead atoms. The smallest absolute Gasteiger partial charge is 0.464 e. The van der Waals surface area contributed by atoms with E-state index in [2.05, 4.69) is 0 Å². The number of hydrogen-bond donors (Lipinski definition) is 2. The van der Waals surface area contributed by atoms with Crippen LogP contribution in [0.5, 0.6) is 0 Å². The predicted octanol–water partition coefficient (Wildman–Crippen LogP) is 1.82. The second kappa shape index (κ2) is 6.65. The molecule has 3 N–H and O–H groups in total. The van der Waals surface area contributed by atoms with Gasteiger partial charge in [0.1, 0.15) is 5.76 Å². The first kappa shape index (κ1) is 18.0. The molecule has 1 aromatic carbocycles. The number of carbonyl (C=O) groups is 1. The summed E-state index contributed by atoms with van der Waals surface area (Å²) in [5.74, 6) is -1.77. The molecule has 6 nitrogen and oxygen atoms in total. The molecular formula is C14H13F3N2O4S. The number of nitrogens with one attached hydrogen (secondary N) is 1. The zero-order valence-corrected chi connectivity index (χ0v) is 12.9. The van der Waals surface area contributed by atoms with Crippen LogP contribution >= 0.6 is 0 Å². The van der Waals surface area contributed by atoms with Crippen LogP contribution in [0.3, 0.4) is 0 Å². The van der Waals surface area contributed by atoms with Crippen LogP contribution in [0, 0.1) is 0 Å². The SMILES string of the molecule is NS(=O)(=O)c1cc(CCNC(=O)C(F)(F)F)ccc1-c1ccco1. The molecule has 0 spiro atoms. The molecule has 0 saturated carbocycles. The summed E-state index contributed by atoms with van der Waals surface area (Å²) in [4.78, 5) is 10.5. The first-order chi connectivity index (χ1) is 11.1. The number of furan rings is 1. The van der Waals surface area contributed by atoms with Crippen molar-refractivity contribution in [1.82, 2.24) is 5.32 Å². The zero-order valence-electron chi connectivity index (χ0n) is 12.1. The third kappa shape index (κ3) is 4.36.